The molecule has 7 heteroatoms. The van der Waals surface area contributed by atoms with Gasteiger partial charge < -0.3 is 19.6 Å². The minimum atomic E-state index is -1.18. The van der Waals surface area contributed by atoms with Gasteiger partial charge in [-0.25, -0.2) is 9.18 Å². The Bertz CT molecular complexity index is 766. The van der Waals surface area contributed by atoms with Gasteiger partial charge in [-0.05, 0) is 26.0 Å². The van der Waals surface area contributed by atoms with Crippen LogP contribution in [-0.4, -0.2) is 23.1 Å². The van der Waals surface area contributed by atoms with Crippen molar-refractivity contribution < 1.29 is 28.2 Å². The van der Waals surface area contributed by atoms with E-state index in [1.807, 2.05) is 0 Å². The number of furan rings is 1. The van der Waals surface area contributed by atoms with E-state index in [1.165, 1.54) is 12.1 Å². The molecule has 2 rings (SSSR count). The topological polar surface area (TPSA) is 88.8 Å². The normalized spacial score (nSPS) is 10.7. The van der Waals surface area contributed by atoms with E-state index in [0.717, 1.165) is 12.1 Å². The Labute approximate surface area is 138 Å². The van der Waals surface area contributed by atoms with Crippen molar-refractivity contribution in [3.63, 3.8) is 0 Å². The molecule has 2 N–H and O–H groups in total. The number of benzene rings is 1. The second-order valence-corrected chi connectivity index (χ2v) is 5.37. The number of amides is 1. The molecule has 0 saturated heterocycles. The lowest BCUT2D eigenvalue weighted by Gasteiger charge is -2.14. The SMILES string of the molecule is CCc1oc(C(=O)Nc2cc(F)ccc2OC(C)C)cc1C(=O)O. The highest BCUT2D eigenvalue weighted by atomic mass is 19.1. The Morgan fingerprint density at radius 2 is 2.04 bits per heavy atom. The molecule has 1 aromatic heterocycles. The van der Waals surface area contributed by atoms with Gasteiger partial charge in [0.1, 0.15) is 22.9 Å². The molecule has 0 aliphatic heterocycles. The van der Waals surface area contributed by atoms with Crippen LogP contribution in [0.1, 0.15) is 47.4 Å². The van der Waals surface area contributed by atoms with E-state index < -0.39 is 17.7 Å². The fourth-order valence-electron chi connectivity index (χ4n) is 2.12. The van der Waals surface area contributed by atoms with Crippen molar-refractivity contribution in [1.82, 2.24) is 0 Å². The van der Waals surface area contributed by atoms with Gasteiger partial charge in [0.25, 0.3) is 5.91 Å². The van der Waals surface area contributed by atoms with Crippen molar-refractivity contribution in [2.75, 3.05) is 5.32 Å². The highest BCUT2D eigenvalue weighted by Gasteiger charge is 2.21. The lowest BCUT2D eigenvalue weighted by molar-refractivity contribution is 0.0694. The summed E-state index contributed by atoms with van der Waals surface area (Å²) in [4.78, 5) is 23.4. The molecular formula is C17H18FNO5. The van der Waals surface area contributed by atoms with Crippen molar-refractivity contribution in [1.29, 1.82) is 0 Å². The van der Waals surface area contributed by atoms with Crippen molar-refractivity contribution in [2.45, 2.75) is 33.3 Å². The van der Waals surface area contributed by atoms with E-state index in [4.69, 9.17) is 14.3 Å². The Morgan fingerprint density at radius 3 is 2.58 bits per heavy atom. The minimum Gasteiger partial charge on any atom is -0.489 e. The third kappa shape index (κ3) is 3.92. The second kappa shape index (κ2) is 7.16. The number of rotatable bonds is 6. The molecule has 0 radical (unpaired) electrons. The number of aromatic carboxylic acids is 1. The van der Waals surface area contributed by atoms with Crippen LogP contribution in [0.2, 0.25) is 0 Å². The van der Waals surface area contributed by atoms with Crippen molar-refractivity contribution in [3.05, 3.63) is 47.2 Å². The van der Waals surface area contributed by atoms with E-state index in [1.54, 1.807) is 20.8 Å². The molecule has 24 heavy (non-hydrogen) atoms. The molecule has 1 aromatic carbocycles. The number of anilines is 1. The molecule has 0 aliphatic rings. The van der Waals surface area contributed by atoms with Crippen LogP contribution in [0.5, 0.6) is 5.75 Å². The Kier molecular flexibility index (Phi) is 5.23. The summed E-state index contributed by atoms with van der Waals surface area (Å²) in [6.45, 7) is 5.32. The summed E-state index contributed by atoms with van der Waals surface area (Å²) >= 11 is 0. The lowest BCUT2D eigenvalue weighted by Crippen LogP contribution is -2.14. The Morgan fingerprint density at radius 1 is 1.33 bits per heavy atom. The van der Waals surface area contributed by atoms with Gasteiger partial charge in [-0.3, -0.25) is 4.79 Å². The molecule has 0 fully saturated rings. The molecule has 0 bridgehead atoms. The van der Waals surface area contributed by atoms with Crippen LogP contribution in [0.4, 0.5) is 10.1 Å². The van der Waals surface area contributed by atoms with E-state index in [2.05, 4.69) is 5.32 Å². The maximum absolute atomic E-state index is 13.5. The zero-order valence-electron chi connectivity index (χ0n) is 13.6. The molecule has 2 aromatic rings. The van der Waals surface area contributed by atoms with Gasteiger partial charge in [-0.1, -0.05) is 6.92 Å². The molecular weight excluding hydrogens is 317 g/mol. The number of ether oxygens (including phenoxy) is 1. The average Bonchev–Trinajstić information content (AvgIpc) is 2.94. The summed E-state index contributed by atoms with van der Waals surface area (Å²) in [5.74, 6) is -2.06. The van der Waals surface area contributed by atoms with Gasteiger partial charge in [0, 0.05) is 18.6 Å². The molecule has 0 atom stereocenters. The fourth-order valence-corrected chi connectivity index (χ4v) is 2.12. The molecule has 1 heterocycles. The highest BCUT2D eigenvalue weighted by Crippen LogP contribution is 2.27. The zero-order valence-corrected chi connectivity index (χ0v) is 13.6. The Balaban J connectivity index is 2.30. The summed E-state index contributed by atoms with van der Waals surface area (Å²) < 4.78 is 24.3. The van der Waals surface area contributed by atoms with Crippen LogP contribution in [0, 0.1) is 5.82 Å². The predicted octanol–water partition coefficient (Wildman–Crippen LogP) is 3.72. The molecule has 0 aliphatic carbocycles. The Hall–Kier alpha value is -2.83. The summed E-state index contributed by atoms with van der Waals surface area (Å²) in [7, 11) is 0. The quantitative estimate of drug-likeness (QED) is 0.840. The summed E-state index contributed by atoms with van der Waals surface area (Å²) in [6.07, 6.45) is 0.163. The second-order valence-electron chi connectivity index (χ2n) is 5.37. The largest absolute Gasteiger partial charge is 0.489 e. The van der Waals surface area contributed by atoms with Crippen molar-refractivity contribution in [3.8, 4) is 5.75 Å². The van der Waals surface area contributed by atoms with E-state index in [-0.39, 0.29) is 28.9 Å². The number of carbonyl (C=O) groups is 2. The molecule has 0 spiro atoms. The smallest absolute Gasteiger partial charge is 0.339 e. The monoisotopic (exact) mass is 335 g/mol. The van der Waals surface area contributed by atoms with Crippen LogP contribution < -0.4 is 10.1 Å². The lowest BCUT2D eigenvalue weighted by atomic mass is 10.2. The number of hydrogen-bond donors (Lipinski definition) is 2. The van der Waals surface area contributed by atoms with Gasteiger partial charge in [0.15, 0.2) is 5.76 Å². The molecule has 0 unspecified atom stereocenters. The third-order valence-electron chi connectivity index (χ3n) is 3.14. The number of aryl methyl sites for hydroxylation is 1. The summed E-state index contributed by atoms with van der Waals surface area (Å²) in [5.41, 5.74) is 0.0700. The number of carboxylic acid groups (broad SMARTS) is 1. The first-order valence-corrected chi connectivity index (χ1v) is 7.45. The first-order valence-electron chi connectivity index (χ1n) is 7.45. The number of carbonyl (C=O) groups excluding carboxylic acids is 1. The number of carboxylic acids is 1. The molecule has 6 nitrogen and oxygen atoms in total. The van der Waals surface area contributed by atoms with E-state index in [0.29, 0.717) is 12.2 Å². The van der Waals surface area contributed by atoms with Crippen LogP contribution >= 0.6 is 0 Å². The standard InChI is InChI=1S/C17H18FNO5/c1-4-13-11(17(21)22)8-15(24-13)16(20)19-12-7-10(18)5-6-14(12)23-9(2)3/h5-9H,4H2,1-3H3,(H,19,20)(H,21,22). The first kappa shape index (κ1) is 17.5. The molecule has 1 amide bonds. The van der Waals surface area contributed by atoms with Crippen LogP contribution in [0.3, 0.4) is 0 Å². The summed E-state index contributed by atoms with van der Waals surface area (Å²) in [6, 6.07) is 4.90. The predicted molar refractivity (Wildman–Crippen MR) is 85.2 cm³/mol. The summed E-state index contributed by atoms with van der Waals surface area (Å²) in [5, 5.41) is 11.6. The van der Waals surface area contributed by atoms with E-state index >= 15 is 0 Å². The van der Waals surface area contributed by atoms with Crippen LogP contribution in [0.15, 0.2) is 28.7 Å². The maximum atomic E-state index is 13.5. The highest BCUT2D eigenvalue weighted by molar-refractivity contribution is 6.04. The van der Waals surface area contributed by atoms with E-state index in [9.17, 15) is 14.0 Å². The average molecular weight is 335 g/mol. The first-order chi connectivity index (χ1) is 11.3. The minimum absolute atomic E-state index is 0.0689. The van der Waals surface area contributed by atoms with Crippen LogP contribution in [0.25, 0.3) is 0 Å². The molecule has 128 valence electrons. The van der Waals surface area contributed by atoms with Crippen molar-refractivity contribution in [2.24, 2.45) is 0 Å². The maximum Gasteiger partial charge on any atom is 0.339 e. The third-order valence-corrected chi connectivity index (χ3v) is 3.14. The number of halogens is 1. The van der Waals surface area contributed by atoms with Gasteiger partial charge >= 0.3 is 5.97 Å². The van der Waals surface area contributed by atoms with Gasteiger partial charge in [0.2, 0.25) is 0 Å². The van der Waals surface area contributed by atoms with Gasteiger partial charge in [0.05, 0.1) is 11.8 Å². The van der Waals surface area contributed by atoms with Gasteiger partial charge in [-0.15, -0.1) is 0 Å². The number of nitrogens with one attached hydrogen (secondary N) is 1. The zero-order chi connectivity index (χ0) is 17.9. The van der Waals surface area contributed by atoms with Crippen molar-refractivity contribution >= 4 is 17.6 Å². The number of hydrogen-bond acceptors (Lipinski definition) is 4. The molecule has 0 saturated carbocycles. The van der Waals surface area contributed by atoms with Gasteiger partial charge in [-0.2, -0.15) is 0 Å². The van der Waals surface area contributed by atoms with Crippen LogP contribution in [-0.2, 0) is 6.42 Å². The fraction of sp³-hybridized carbons (Fsp3) is 0.294.